The Kier molecular flexibility index (Phi) is 5.12. The summed E-state index contributed by atoms with van der Waals surface area (Å²) in [4.78, 5) is 26.5. The van der Waals surface area contributed by atoms with Gasteiger partial charge in [-0.3, -0.25) is 9.59 Å². The number of piperidine rings is 1. The molecule has 1 amide bonds. The van der Waals surface area contributed by atoms with Gasteiger partial charge in [0.1, 0.15) is 25.2 Å². The topological polar surface area (TPSA) is 46.6 Å². The summed E-state index contributed by atoms with van der Waals surface area (Å²) in [5, 5.41) is 0. The van der Waals surface area contributed by atoms with Crippen molar-refractivity contribution in [2.45, 2.75) is 31.8 Å². The zero-order valence-electron chi connectivity index (χ0n) is 15.2. The van der Waals surface area contributed by atoms with Gasteiger partial charge < -0.3 is 9.64 Å². The maximum absolute atomic E-state index is 13.5. The predicted octanol–water partition coefficient (Wildman–Crippen LogP) is 2.09. The van der Waals surface area contributed by atoms with Crippen LogP contribution in [0.25, 0.3) is 0 Å². The van der Waals surface area contributed by atoms with Gasteiger partial charge >= 0.3 is 0 Å². The number of halogens is 1. The number of hydrogen-bond acceptors (Lipinski definition) is 3. The van der Waals surface area contributed by atoms with Crippen molar-refractivity contribution in [2.24, 2.45) is 0 Å². The fourth-order valence-corrected chi connectivity index (χ4v) is 3.62. The van der Waals surface area contributed by atoms with E-state index < -0.39 is 0 Å². The number of carbonyl (C=O) groups is 2. The Morgan fingerprint density at radius 2 is 1.88 bits per heavy atom. The lowest BCUT2D eigenvalue weighted by Gasteiger charge is -2.40. The third-order valence-electron chi connectivity index (χ3n) is 5.00. The molecule has 0 N–H and O–H groups in total. The molecule has 134 valence electrons. The van der Waals surface area contributed by atoms with Crippen molar-refractivity contribution < 1.29 is 18.7 Å². The number of likely N-dealkylation sites (tertiary alicyclic amines) is 1. The van der Waals surface area contributed by atoms with Crippen LogP contribution in [0.3, 0.4) is 0 Å². The number of Topliss-reactive ketones (excluding diaryl/α,β-unsaturated/α-hetero) is 1. The molecule has 2 aromatic rings. The first kappa shape index (κ1) is 18.2. The van der Waals surface area contributed by atoms with Gasteiger partial charge in [0.2, 0.25) is 5.91 Å². The molecular weight excluding hydrogens is 332 g/mol. The van der Waals surface area contributed by atoms with Crippen LogP contribution in [0.15, 0.2) is 42.5 Å². The summed E-state index contributed by atoms with van der Waals surface area (Å²) in [5.41, 5.74) is 2.51. The highest BCUT2D eigenvalue weighted by Crippen LogP contribution is 2.36. The molecule has 0 aliphatic carbocycles. The van der Waals surface area contributed by atoms with Crippen LogP contribution in [0, 0.1) is 5.82 Å². The fraction of sp³-hybridized carbons (Fsp3) is 0.300. The van der Waals surface area contributed by atoms with Crippen molar-refractivity contribution in [3.63, 3.8) is 0 Å². The molecule has 0 aromatic heterocycles. The Morgan fingerprint density at radius 3 is 2.50 bits per heavy atom. The Morgan fingerprint density at radius 1 is 1.19 bits per heavy atom. The van der Waals surface area contributed by atoms with E-state index in [9.17, 15) is 14.0 Å². The summed E-state index contributed by atoms with van der Waals surface area (Å²) in [7, 11) is 3.41. The summed E-state index contributed by atoms with van der Waals surface area (Å²) >= 11 is 0. The van der Waals surface area contributed by atoms with E-state index in [-0.39, 0.29) is 42.4 Å². The van der Waals surface area contributed by atoms with E-state index in [1.54, 1.807) is 25.9 Å². The normalized spacial score (nSPS) is 18.7. The zero-order valence-corrected chi connectivity index (χ0v) is 15.2. The van der Waals surface area contributed by atoms with Gasteiger partial charge in [-0.05, 0) is 42.3 Å². The smallest absolute Gasteiger partial charge is 0.231 e. The lowest BCUT2D eigenvalue weighted by molar-refractivity contribution is -0.145. The molecular formula is C20H21BFNO3. The van der Waals surface area contributed by atoms with Crippen molar-refractivity contribution in [2.75, 3.05) is 7.11 Å². The minimum atomic E-state index is -0.388. The molecule has 0 spiro atoms. The Balaban J connectivity index is 1.99. The molecule has 0 bridgehead atoms. The van der Waals surface area contributed by atoms with Crippen molar-refractivity contribution >= 4 is 25.0 Å². The van der Waals surface area contributed by atoms with E-state index in [4.69, 9.17) is 4.74 Å². The molecule has 1 fully saturated rings. The summed E-state index contributed by atoms with van der Waals surface area (Å²) in [6.45, 7) is 1.95. The van der Waals surface area contributed by atoms with Gasteiger partial charge in [0.15, 0.2) is 0 Å². The van der Waals surface area contributed by atoms with Crippen LogP contribution in [-0.2, 0) is 9.59 Å². The molecule has 3 rings (SSSR count). The van der Waals surface area contributed by atoms with Crippen LogP contribution in [0.5, 0.6) is 5.75 Å². The molecule has 1 aliphatic heterocycles. The van der Waals surface area contributed by atoms with E-state index >= 15 is 0 Å². The molecule has 2 aromatic carbocycles. The third kappa shape index (κ3) is 3.50. The first-order valence-electron chi connectivity index (χ1n) is 8.63. The second-order valence-electron chi connectivity index (χ2n) is 6.69. The summed E-state index contributed by atoms with van der Waals surface area (Å²) in [6.07, 6.45) is 0.163. The van der Waals surface area contributed by atoms with Gasteiger partial charge in [-0.15, -0.1) is 0 Å². The molecule has 4 nitrogen and oxygen atoms in total. The number of amides is 1. The van der Waals surface area contributed by atoms with Crippen molar-refractivity contribution in [3.05, 3.63) is 59.4 Å². The standard InChI is InChI=1S/C20H21BFNO3/c1-12(13-3-6-16(26-2)7-4-13)23-19(10-15(24)11-20(23)25)17-8-5-14(22)9-18(17)21/h3-9,12,19H,10-11,21H2,1-2H3/t12-,19+/m0/s1. The van der Waals surface area contributed by atoms with E-state index in [1.807, 2.05) is 31.2 Å². The number of benzene rings is 2. The highest BCUT2D eigenvalue weighted by molar-refractivity contribution is 6.33. The van der Waals surface area contributed by atoms with Crippen LogP contribution >= 0.6 is 0 Å². The van der Waals surface area contributed by atoms with Crippen LogP contribution in [-0.4, -0.2) is 31.5 Å². The summed E-state index contributed by atoms with van der Waals surface area (Å²) in [5.74, 6) is 0.140. The van der Waals surface area contributed by atoms with Crippen LogP contribution in [0.2, 0.25) is 0 Å². The van der Waals surface area contributed by atoms with Crippen molar-refractivity contribution in [1.82, 2.24) is 4.90 Å². The van der Waals surface area contributed by atoms with E-state index in [2.05, 4.69) is 0 Å². The number of rotatable bonds is 4. The zero-order chi connectivity index (χ0) is 18.8. The van der Waals surface area contributed by atoms with E-state index in [0.717, 1.165) is 22.3 Å². The van der Waals surface area contributed by atoms with Gasteiger partial charge in [0, 0.05) is 6.42 Å². The Hall–Kier alpha value is -2.63. The van der Waals surface area contributed by atoms with Gasteiger partial charge in [-0.25, -0.2) is 4.39 Å². The highest BCUT2D eigenvalue weighted by Gasteiger charge is 2.37. The van der Waals surface area contributed by atoms with Gasteiger partial charge in [-0.2, -0.15) is 0 Å². The number of ether oxygens (including phenoxy) is 1. The van der Waals surface area contributed by atoms with Gasteiger partial charge in [0.05, 0.1) is 25.6 Å². The molecule has 0 saturated carbocycles. The fourth-order valence-electron chi connectivity index (χ4n) is 3.62. The Bertz CT molecular complexity index is 837. The van der Waals surface area contributed by atoms with Crippen molar-refractivity contribution in [3.8, 4) is 5.75 Å². The maximum atomic E-state index is 13.5. The van der Waals surface area contributed by atoms with Crippen LogP contribution in [0.4, 0.5) is 4.39 Å². The second-order valence-corrected chi connectivity index (χ2v) is 6.69. The molecule has 1 saturated heterocycles. The molecule has 2 atom stereocenters. The van der Waals surface area contributed by atoms with Crippen LogP contribution in [0.1, 0.15) is 43.0 Å². The quantitative estimate of drug-likeness (QED) is 0.625. The van der Waals surface area contributed by atoms with E-state index in [1.165, 1.54) is 12.1 Å². The number of ketones is 1. The SMILES string of the molecule is Bc1cc(F)ccc1[C@H]1CC(=O)CC(=O)N1[C@@H](C)c1ccc(OC)cc1. The Labute approximate surface area is 153 Å². The molecule has 1 heterocycles. The van der Waals surface area contributed by atoms with Crippen molar-refractivity contribution in [1.29, 1.82) is 0 Å². The minimum Gasteiger partial charge on any atom is -0.497 e. The summed E-state index contributed by atoms with van der Waals surface area (Å²) < 4.78 is 18.7. The number of hydrogen-bond donors (Lipinski definition) is 0. The number of nitrogens with zero attached hydrogens (tertiary/aromatic N) is 1. The van der Waals surface area contributed by atoms with Crippen LogP contribution < -0.4 is 10.2 Å². The highest BCUT2D eigenvalue weighted by atomic mass is 19.1. The first-order valence-corrected chi connectivity index (χ1v) is 8.63. The third-order valence-corrected chi connectivity index (χ3v) is 5.00. The largest absolute Gasteiger partial charge is 0.497 e. The first-order chi connectivity index (χ1) is 12.4. The minimum absolute atomic E-state index is 0.0816. The van der Waals surface area contributed by atoms with Gasteiger partial charge in [-0.1, -0.05) is 23.7 Å². The number of methoxy groups -OCH3 is 1. The van der Waals surface area contributed by atoms with E-state index in [0.29, 0.717) is 0 Å². The molecule has 6 heteroatoms. The molecule has 1 aliphatic rings. The summed E-state index contributed by atoms with van der Waals surface area (Å²) in [6, 6.07) is 11.4. The maximum Gasteiger partial charge on any atom is 0.231 e. The van der Waals surface area contributed by atoms with Gasteiger partial charge in [0.25, 0.3) is 0 Å². The monoisotopic (exact) mass is 353 g/mol. The average Bonchev–Trinajstić information content (AvgIpc) is 2.60. The molecule has 0 unspecified atom stereocenters. The lowest BCUT2D eigenvalue weighted by atomic mass is 9.82. The second kappa shape index (κ2) is 7.32. The predicted molar refractivity (Wildman–Crippen MR) is 99.8 cm³/mol. The average molecular weight is 353 g/mol. The number of carbonyl (C=O) groups excluding carboxylic acids is 2. The molecule has 0 radical (unpaired) electrons. The lowest BCUT2D eigenvalue weighted by Crippen LogP contribution is -2.44. The molecule has 26 heavy (non-hydrogen) atoms.